The lowest BCUT2D eigenvalue weighted by molar-refractivity contribution is 0.917. The van der Waals surface area contributed by atoms with Crippen molar-refractivity contribution in [3.05, 3.63) is 30.7 Å². The first-order valence-corrected chi connectivity index (χ1v) is 6.57. The Morgan fingerprint density at radius 1 is 1.20 bits per heavy atom. The van der Waals surface area contributed by atoms with E-state index in [0.717, 1.165) is 11.2 Å². The van der Waals surface area contributed by atoms with Gasteiger partial charge < -0.3 is 10.7 Å². The van der Waals surface area contributed by atoms with Crippen LogP contribution < -0.4 is 5.73 Å². The van der Waals surface area contributed by atoms with Crippen LogP contribution in [0.5, 0.6) is 0 Å². The van der Waals surface area contributed by atoms with E-state index in [1.54, 1.807) is 6.33 Å². The molecule has 0 unspecified atom stereocenters. The lowest BCUT2D eigenvalue weighted by Crippen LogP contribution is -1.97. The minimum absolute atomic E-state index is 0.181. The summed E-state index contributed by atoms with van der Waals surface area (Å²) in [5, 5.41) is 9.62. The van der Waals surface area contributed by atoms with Crippen molar-refractivity contribution in [1.82, 2.24) is 34.5 Å². The summed E-state index contributed by atoms with van der Waals surface area (Å²) in [6, 6.07) is 5.71. The maximum atomic E-state index is 5.69. The van der Waals surface area contributed by atoms with Crippen molar-refractivity contribution < 1.29 is 0 Å². The largest absolute Gasteiger partial charge is 0.368 e. The Morgan fingerprint density at radius 3 is 3.10 bits per heavy atom. The quantitative estimate of drug-likeness (QED) is 0.531. The molecule has 0 fully saturated rings. The van der Waals surface area contributed by atoms with Crippen LogP contribution in [0.15, 0.2) is 40.9 Å². The monoisotopic (exact) mass is 284 g/mol. The Morgan fingerprint density at radius 2 is 2.15 bits per heavy atom. The Kier molecular flexibility index (Phi) is 2.33. The number of H-pyrrole nitrogens is 1. The van der Waals surface area contributed by atoms with E-state index < -0.39 is 0 Å². The molecule has 0 aliphatic rings. The zero-order valence-electron chi connectivity index (χ0n) is 10.1. The average molecular weight is 284 g/mol. The molecule has 4 aromatic heterocycles. The summed E-state index contributed by atoms with van der Waals surface area (Å²) >= 11 is 1.36. The molecule has 0 amide bonds. The molecule has 20 heavy (non-hydrogen) atoms. The smallest absolute Gasteiger partial charge is 0.223 e. The molecule has 0 spiro atoms. The number of aromatic nitrogens is 7. The molecule has 98 valence electrons. The Balaban J connectivity index is 1.86. The molecule has 4 heterocycles. The van der Waals surface area contributed by atoms with Gasteiger partial charge in [-0.05, 0) is 23.9 Å². The number of nitrogens with two attached hydrogens (primary N) is 1. The van der Waals surface area contributed by atoms with Crippen molar-refractivity contribution >= 4 is 34.5 Å². The van der Waals surface area contributed by atoms with Gasteiger partial charge in [-0.1, -0.05) is 6.07 Å². The van der Waals surface area contributed by atoms with E-state index in [4.69, 9.17) is 5.73 Å². The second-order valence-electron chi connectivity index (χ2n) is 4.00. The fraction of sp³-hybridized carbons (Fsp3) is 0. The Hall–Kier alpha value is -2.68. The van der Waals surface area contributed by atoms with Gasteiger partial charge >= 0.3 is 0 Å². The normalized spacial score (nSPS) is 11.4. The van der Waals surface area contributed by atoms with Crippen molar-refractivity contribution in [3.8, 4) is 0 Å². The van der Waals surface area contributed by atoms with Gasteiger partial charge in [-0.25, -0.2) is 9.97 Å². The first kappa shape index (κ1) is 11.2. The number of hydrogen-bond donors (Lipinski definition) is 2. The van der Waals surface area contributed by atoms with E-state index in [1.165, 1.54) is 11.8 Å². The topological polar surface area (TPSA) is 111 Å². The minimum atomic E-state index is 0.181. The molecule has 0 atom stereocenters. The highest BCUT2D eigenvalue weighted by atomic mass is 32.2. The predicted molar refractivity (Wildman–Crippen MR) is 73.2 cm³/mol. The van der Waals surface area contributed by atoms with Gasteiger partial charge in [0.05, 0.1) is 6.33 Å². The van der Waals surface area contributed by atoms with Gasteiger partial charge in [0.1, 0.15) is 10.5 Å². The molecule has 0 radical (unpaired) electrons. The van der Waals surface area contributed by atoms with Gasteiger partial charge in [0, 0.05) is 6.20 Å². The number of nitrogens with one attached hydrogen (secondary N) is 1. The third-order valence-corrected chi connectivity index (χ3v) is 3.69. The van der Waals surface area contributed by atoms with Crippen molar-refractivity contribution in [1.29, 1.82) is 0 Å². The summed E-state index contributed by atoms with van der Waals surface area (Å²) in [5.41, 5.74) is 7.74. The van der Waals surface area contributed by atoms with Crippen LogP contribution in [0.4, 0.5) is 5.95 Å². The van der Waals surface area contributed by atoms with Gasteiger partial charge in [-0.15, -0.1) is 10.2 Å². The summed E-state index contributed by atoms with van der Waals surface area (Å²) in [4.78, 5) is 15.4. The first-order chi connectivity index (χ1) is 9.81. The van der Waals surface area contributed by atoms with E-state index in [1.807, 2.05) is 28.8 Å². The molecule has 0 aromatic carbocycles. The van der Waals surface area contributed by atoms with Crippen molar-refractivity contribution in [3.63, 3.8) is 0 Å². The van der Waals surface area contributed by atoms with Gasteiger partial charge in [0.15, 0.2) is 11.3 Å². The van der Waals surface area contributed by atoms with Gasteiger partial charge in [0.25, 0.3) is 0 Å². The van der Waals surface area contributed by atoms with Crippen LogP contribution in [0, 0.1) is 0 Å². The second kappa shape index (κ2) is 4.17. The number of pyridine rings is 1. The highest BCUT2D eigenvalue weighted by Crippen LogP contribution is 2.29. The van der Waals surface area contributed by atoms with Crippen LogP contribution in [-0.2, 0) is 0 Å². The molecule has 4 rings (SSSR count). The third kappa shape index (κ3) is 1.67. The number of aromatic amines is 1. The lowest BCUT2D eigenvalue weighted by atomic mass is 10.5. The summed E-state index contributed by atoms with van der Waals surface area (Å²) in [6.45, 7) is 0. The number of anilines is 1. The number of fused-ring (bicyclic) bond motifs is 2. The molecule has 4 aromatic rings. The van der Waals surface area contributed by atoms with Gasteiger partial charge in [0.2, 0.25) is 11.1 Å². The minimum Gasteiger partial charge on any atom is -0.368 e. The molecule has 0 bridgehead atoms. The number of hydrogen-bond acceptors (Lipinski definition) is 7. The molecule has 9 heteroatoms. The van der Waals surface area contributed by atoms with E-state index in [-0.39, 0.29) is 5.95 Å². The highest BCUT2D eigenvalue weighted by molar-refractivity contribution is 7.99. The van der Waals surface area contributed by atoms with Crippen molar-refractivity contribution in [2.75, 3.05) is 5.73 Å². The fourth-order valence-electron chi connectivity index (χ4n) is 1.87. The maximum Gasteiger partial charge on any atom is 0.223 e. The van der Waals surface area contributed by atoms with E-state index in [9.17, 15) is 0 Å². The highest BCUT2D eigenvalue weighted by Gasteiger charge is 2.13. The first-order valence-electron chi connectivity index (χ1n) is 5.75. The summed E-state index contributed by atoms with van der Waals surface area (Å²) < 4.78 is 1.88. The molecule has 0 aliphatic carbocycles. The Bertz CT molecular complexity index is 911. The average Bonchev–Trinajstić information content (AvgIpc) is 3.06. The van der Waals surface area contributed by atoms with Crippen molar-refractivity contribution in [2.45, 2.75) is 10.2 Å². The van der Waals surface area contributed by atoms with Crippen molar-refractivity contribution in [2.24, 2.45) is 0 Å². The standard InChI is InChI=1S/C11H8N8S/c12-10-15-8-7(13-5-14-8)9(16-10)20-11-18-17-6-3-1-2-4-19(6)11/h1-5H,(H3,12,13,14,15,16). The molecule has 8 nitrogen and oxygen atoms in total. The predicted octanol–water partition coefficient (Wildman–Crippen LogP) is 1.13. The molecular formula is C11H8N8S. The Labute approximate surface area is 116 Å². The number of nitrogen functional groups attached to an aromatic ring is 1. The van der Waals surface area contributed by atoms with Crippen LogP contribution in [0.25, 0.3) is 16.8 Å². The fourth-order valence-corrected chi connectivity index (χ4v) is 2.77. The molecule has 0 saturated heterocycles. The van der Waals surface area contributed by atoms with E-state index >= 15 is 0 Å². The summed E-state index contributed by atoms with van der Waals surface area (Å²) in [6.07, 6.45) is 3.46. The number of rotatable bonds is 2. The summed E-state index contributed by atoms with van der Waals surface area (Å²) in [5.74, 6) is 0.181. The van der Waals surface area contributed by atoms with Crippen LogP contribution in [-0.4, -0.2) is 34.5 Å². The number of nitrogens with zero attached hydrogens (tertiary/aromatic N) is 6. The maximum absolute atomic E-state index is 5.69. The number of imidazole rings is 1. The zero-order valence-corrected chi connectivity index (χ0v) is 10.9. The van der Waals surface area contributed by atoms with Crippen LogP contribution in [0.1, 0.15) is 0 Å². The third-order valence-electron chi connectivity index (χ3n) is 2.74. The van der Waals surface area contributed by atoms with Gasteiger partial charge in [-0.2, -0.15) is 4.98 Å². The lowest BCUT2D eigenvalue weighted by Gasteiger charge is -2.01. The van der Waals surface area contributed by atoms with Crippen LogP contribution in [0.3, 0.4) is 0 Å². The second-order valence-corrected chi connectivity index (χ2v) is 4.96. The van der Waals surface area contributed by atoms with E-state index in [2.05, 4.69) is 30.1 Å². The molecular weight excluding hydrogens is 276 g/mol. The molecule has 0 aliphatic heterocycles. The SMILES string of the molecule is Nc1nc(Sc2nnc3ccccn23)c2[nH]cnc2n1. The van der Waals surface area contributed by atoms with Gasteiger partial charge in [-0.3, -0.25) is 4.40 Å². The molecule has 3 N–H and O–H groups in total. The zero-order chi connectivity index (χ0) is 13.5. The van der Waals surface area contributed by atoms with Crippen LogP contribution in [0.2, 0.25) is 0 Å². The van der Waals surface area contributed by atoms with E-state index in [0.29, 0.717) is 15.8 Å². The van der Waals surface area contributed by atoms with Crippen LogP contribution >= 0.6 is 11.8 Å². The molecule has 0 saturated carbocycles. The summed E-state index contributed by atoms with van der Waals surface area (Å²) in [7, 11) is 0.